The number of nitrogens with one attached hydrogen (secondary N) is 1. The van der Waals surface area contributed by atoms with E-state index in [1.165, 1.54) is 6.92 Å². The third-order valence-electron chi connectivity index (χ3n) is 5.48. The minimum Gasteiger partial charge on any atom is -0.493 e. The first-order valence-corrected chi connectivity index (χ1v) is 10.1. The van der Waals surface area contributed by atoms with Gasteiger partial charge in [-0.2, -0.15) is 0 Å². The van der Waals surface area contributed by atoms with E-state index >= 15 is 0 Å². The van der Waals surface area contributed by atoms with Crippen LogP contribution in [0.5, 0.6) is 5.75 Å². The Bertz CT molecular complexity index is 1020. The van der Waals surface area contributed by atoms with Crippen LogP contribution in [0.25, 0.3) is 0 Å². The van der Waals surface area contributed by atoms with Crippen molar-refractivity contribution < 1.29 is 23.9 Å². The molecular formula is C23H24N2O5. The summed E-state index contributed by atoms with van der Waals surface area (Å²) in [6.45, 7) is 4.62. The average Bonchev–Trinajstić information content (AvgIpc) is 3.23. The minimum atomic E-state index is -0.508. The molecule has 7 nitrogen and oxygen atoms in total. The molecule has 2 aliphatic heterocycles. The number of Topliss-reactive ketones (excluding diaryl/α,β-unsaturated/α-hetero) is 1. The van der Waals surface area contributed by atoms with Gasteiger partial charge < -0.3 is 19.7 Å². The Morgan fingerprint density at radius 2 is 1.97 bits per heavy atom. The summed E-state index contributed by atoms with van der Waals surface area (Å²) in [6, 6.07) is 10.2. The van der Waals surface area contributed by atoms with Crippen molar-refractivity contribution in [3.8, 4) is 5.75 Å². The van der Waals surface area contributed by atoms with Crippen LogP contribution in [0.3, 0.4) is 0 Å². The molecule has 1 atom stereocenters. The number of rotatable bonds is 6. The largest absolute Gasteiger partial charge is 0.493 e. The summed E-state index contributed by atoms with van der Waals surface area (Å²) in [6.07, 6.45) is 1.82. The Labute approximate surface area is 175 Å². The van der Waals surface area contributed by atoms with Crippen LogP contribution < -0.4 is 15.0 Å². The maximum atomic E-state index is 12.6. The van der Waals surface area contributed by atoms with Crippen LogP contribution in [-0.2, 0) is 16.1 Å². The molecule has 0 aromatic heterocycles. The van der Waals surface area contributed by atoms with Crippen molar-refractivity contribution in [2.45, 2.75) is 39.3 Å². The number of amides is 1. The van der Waals surface area contributed by atoms with Crippen molar-refractivity contribution >= 4 is 29.0 Å². The van der Waals surface area contributed by atoms with E-state index in [1.807, 2.05) is 13.0 Å². The van der Waals surface area contributed by atoms with Gasteiger partial charge in [0.15, 0.2) is 5.78 Å². The lowest BCUT2D eigenvalue weighted by molar-refractivity contribution is -0.117. The molecule has 0 aliphatic carbocycles. The summed E-state index contributed by atoms with van der Waals surface area (Å²) in [5, 5.41) is 2.90. The molecular weight excluding hydrogens is 384 g/mol. The van der Waals surface area contributed by atoms with Gasteiger partial charge in [0.05, 0.1) is 23.5 Å². The molecule has 1 saturated heterocycles. The van der Waals surface area contributed by atoms with Gasteiger partial charge in [-0.05, 0) is 63.1 Å². The van der Waals surface area contributed by atoms with Gasteiger partial charge in [0.2, 0.25) is 5.91 Å². The zero-order valence-electron chi connectivity index (χ0n) is 17.1. The van der Waals surface area contributed by atoms with E-state index in [0.29, 0.717) is 34.7 Å². The molecule has 0 bridgehead atoms. The summed E-state index contributed by atoms with van der Waals surface area (Å²) in [5.74, 6) is -0.0384. The number of fused-ring (bicyclic) bond motifs is 3. The van der Waals surface area contributed by atoms with Crippen molar-refractivity contribution in [1.82, 2.24) is 0 Å². The number of ketones is 1. The van der Waals surface area contributed by atoms with Crippen LogP contribution in [0.2, 0.25) is 0 Å². The van der Waals surface area contributed by atoms with Crippen molar-refractivity contribution in [3.05, 3.63) is 53.1 Å². The van der Waals surface area contributed by atoms with E-state index in [-0.39, 0.29) is 24.3 Å². The van der Waals surface area contributed by atoms with Crippen molar-refractivity contribution in [2.75, 3.05) is 23.4 Å². The molecule has 7 heteroatoms. The predicted octanol–water partition coefficient (Wildman–Crippen LogP) is 3.57. The van der Waals surface area contributed by atoms with Crippen LogP contribution in [-0.4, -0.2) is 36.9 Å². The van der Waals surface area contributed by atoms with E-state index in [4.69, 9.17) is 9.47 Å². The Morgan fingerprint density at radius 3 is 2.73 bits per heavy atom. The maximum absolute atomic E-state index is 12.6. The lowest BCUT2D eigenvalue weighted by atomic mass is 10.1. The van der Waals surface area contributed by atoms with Crippen molar-refractivity contribution in [2.24, 2.45) is 0 Å². The van der Waals surface area contributed by atoms with Crippen LogP contribution in [0.1, 0.15) is 53.0 Å². The van der Waals surface area contributed by atoms with E-state index < -0.39 is 5.97 Å². The molecule has 0 unspecified atom stereocenters. The number of hydrogen-bond acceptors (Lipinski definition) is 6. The highest BCUT2D eigenvalue weighted by atomic mass is 16.5. The Kier molecular flexibility index (Phi) is 5.44. The predicted molar refractivity (Wildman–Crippen MR) is 112 cm³/mol. The highest BCUT2D eigenvalue weighted by molar-refractivity contribution is 6.05. The van der Waals surface area contributed by atoms with Crippen molar-refractivity contribution in [1.29, 1.82) is 0 Å². The number of esters is 1. The third kappa shape index (κ3) is 3.75. The maximum Gasteiger partial charge on any atom is 0.338 e. The smallest absolute Gasteiger partial charge is 0.338 e. The summed E-state index contributed by atoms with van der Waals surface area (Å²) >= 11 is 0. The first-order valence-electron chi connectivity index (χ1n) is 10.1. The fraction of sp³-hybridized carbons (Fsp3) is 0.348. The lowest BCUT2D eigenvalue weighted by Crippen LogP contribution is -2.43. The second-order valence-corrected chi connectivity index (χ2v) is 7.46. The monoisotopic (exact) mass is 408 g/mol. The summed E-state index contributed by atoms with van der Waals surface area (Å²) in [5.41, 5.74) is 3.07. The molecule has 2 aromatic rings. The van der Waals surface area contributed by atoms with E-state index in [0.717, 1.165) is 25.1 Å². The Balaban J connectivity index is 1.51. The molecule has 30 heavy (non-hydrogen) atoms. The van der Waals surface area contributed by atoms with Gasteiger partial charge in [-0.3, -0.25) is 9.59 Å². The Hall–Kier alpha value is -3.35. The SMILES string of the molecule is CCOc1ccc(C(C)=O)cc1COC(=O)c1ccc2c(c1)NC(=O)[C@@H]1CCCN21. The molecule has 1 N–H and O–H groups in total. The number of nitrogens with zero attached hydrogens (tertiary/aromatic N) is 1. The van der Waals surface area contributed by atoms with Crippen LogP contribution in [0, 0.1) is 0 Å². The van der Waals surface area contributed by atoms with E-state index in [1.54, 1.807) is 30.3 Å². The van der Waals surface area contributed by atoms with Gasteiger partial charge in [0.1, 0.15) is 18.4 Å². The highest BCUT2D eigenvalue weighted by Crippen LogP contribution is 2.37. The van der Waals surface area contributed by atoms with Gasteiger partial charge in [0.25, 0.3) is 0 Å². The summed E-state index contributed by atoms with van der Waals surface area (Å²) < 4.78 is 11.1. The quantitative estimate of drug-likeness (QED) is 0.581. The van der Waals surface area contributed by atoms with Gasteiger partial charge in [-0.25, -0.2) is 4.79 Å². The van der Waals surface area contributed by atoms with Gasteiger partial charge >= 0.3 is 5.97 Å². The molecule has 0 radical (unpaired) electrons. The fourth-order valence-corrected chi connectivity index (χ4v) is 3.99. The minimum absolute atomic E-state index is 0.0209. The number of carbonyl (C=O) groups excluding carboxylic acids is 3. The molecule has 1 fully saturated rings. The number of ether oxygens (including phenoxy) is 2. The first-order chi connectivity index (χ1) is 14.5. The second kappa shape index (κ2) is 8.18. The summed E-state index contributed by atoms with van der Waals surface area (Å²) in [4.78, 5) is 38.7. The van der Waals surface area contributed by atoms with Crippen LogP contribution in [0.4, 0.5) is 11.4 Å². The van der Waals surface area contributed by atoms with Gasteiger partial charge in [0, 0.05) is 17.7 Å². The second-order valence-electron chi connectivity index (χ2n) is 7.46. The van der Waals surface area contributed by atoms with Crippen LogP contribution >= 0.6 is 0 Å². The topological polar surface area (TPSA) is 84.9 Å². The zero-order chi connectivity index (χ0) is 21.3. The highest BCUT2D eigenvalue weighted by Gasteiger charge is 2.36. The van der Waals surface area contributed by atoms with Crippen LogP contribution in [0.15, 0.2) is 36.4 Å². The zero-order valence-corrected chi connectivity index (χ0v) is 17.1. The molecule has 156 valence electrons. The van der Waals surface area contributed by atoms with Crippen molar-refractivity contribution in [3.63, 3.8) is 0 Å². The third-order valence-corrected chi connectivity index (χ3v) is 5.48. The molecule has 0 spiro atoms. The molecule has 4 rings (SSSR count). The molecule has 0 saturated carbocycles. The lowest BCUT2D eigenvalue weighted by Gasteiger charge is -2.33. The number of carbonyl (C=O) groups is 3. The number of anilines is 2. The first kappa shape index (κ1) is 19.9. The molecule has 2 heterocycles. The fourth-order valence-electron chi connectivity index (χ4n) is 3.99. The summed E-state index contributed by atoms with van der Waals surface area (Å²) in [7, 11) is 0. The molecule has 2 aliphatic rings. The Morgan fingerprint density at radius 1 is 1.17 bits per heavy atom. The number of hydrogen-bond donors (Lipinski definition) is 1. The standard InChI is InChI=1S/C23H24N2O5/c1-3-29-21-9-7-15(14(2)26)11-17(21)13-30-23(28)16-6-8-19-18(12-16)24-22(27)20-5-4-10-25(19)20/h6-9,11-12,20H,3-5,10,13H2,1-2H3,(H,24,27)/t20-/m0/s1. The normalized spacial score (nSPS) is 17.1. The van der Waals surface area contributed by atoms with Gasteiger partial charge in [-0.1, -0.05) is 0 Å². The van der Waals surface area contributed by atoms with Gasteiger partial charge in [-0.15, -0.1) is 0 Å². The van der Waals surface area contributed by atoms with E-state index in [9.17, 15) is 14.4 Å². The van der Waals surface area contributed by atoms with E-state index in [2.05, 4.69) is 10.2 Å². The molecule has 1 amide bonds. The average molecular weight is 408 g/mol. The molecule has 2 aromatic carbocycles. The number of benzene rings is 2.